The summed E-state index contributed by atoms with van der Waals surface area (Å²) in [5.41, 5.74) is 0. The molecule has 0 aliphatic carbocycles. The number of phosphoric ester groups is 1. The Bertz CT molecular complexity index is 1050. The topological polar surface area (TPSA) is 128 Å². The van der Waals surface area contributed by atoms with Crippen LogP contribution in [0.2, 0.25) is 0 Å². The highest BCUT2D eigenvalue weighted by molar-refractivity contribution is 7.45. The molecular weight excluding hydrogens is 675 g/mol. The smallest absolute Gasteiger partial charge is 0.268 e. The van der Waals surface area contributed by atoms with Gasteiger partial charge >= 0.3 is 0 Å². The van der Waals surface area contributed by atoms with Crippen LogP contribution in [0.1, 0.15) is 142 Å². The number of nitrogens with zero attached hydrogens (tertiary/aromatic N) is 1. The maximum absolute atomic E-state index is 12.8. The van der Waals surface area contributed by atoms with Crippen molar-refractivity contribution in [2.24, 2.45) is 0 Å². The van der Waals surface area contributed by atoms with Gasteiger partial charge in [0.25, 0.3) is 7.82 Å². The summed E-state index contributed by atoms with van der Waals surface area (Å²) in [4.78, 5) is 25.2. The van der Waals surface area contributed by atoms with E-state index in [4.69, 9.17) is 9.05 Å². The average Bonchev–Trinajstić information content (AvgIpc) is 3.07. The van der Waals surface area contributed by atoms with E-state index in [9.17, 15) is 24.5 Å². The van der Waals surface area contributed by atoms with E-state index in [0.29, 0.717) is 17.4 Å². The van der Waals surface area contributed by atoms with Crippen LogP contribution in [0.3, 0.4) is 0 Å². The molecular formula is C42H77N2O7P. The summed E-state index contributed by atoms with van der Waals surface area (Å²) in [5.74, 6) is -0.267. The van der Waals surface area contributed by atoms with Crippen molar-refractivity contribution in [3.63, 3.8) is 0 Å². The van der Waals surface area contributed by atoms with Crippen LogP contribution in [0.15, 0.2) is 60.8 Å². The standard InChI is InChI=1S/C42H77N2O7P/c1-6-7-8-9-10-11-12-19-22-25-28-31-34-41(46)40(38-51-52(48,49)50-37-36-44(3,4)5)43-42(47)35-32-29-26-23-20-17-15-13-14-16-18-21-24-27-30-33-39(2)45/h14-17,21,23-24,26,31,34,39-41,45-46H,6-13,18-20,22,25,27-30,32-33,35-38H2,1-5H3,(H-,43,47,48,49)/b16-14-,17-15-,24-21-,26-23-,34-31+/t39-,40-,41+/m0/s1. The SMILES string of the molecule is CCCCCCCCCCCC/C=C/[C@@H](O)[C@H](COP(=O)([O-])OCC[N+](C)(C)C)NC(=O)CCC/C=C\C/C=C\C/C=C\C/C=C\CCC[C@H](C)O. The lowest BCUT2D eigenvalue weighted by atomic mass is 10.1. The van der Waals surface area contributed by atoms with Crippen LogP contribution in [-0.2, 0) is 18.4 Å². The van der Waals surface area contributed by atoms with E-state index >= 15 is 0 Å². The van der Waals surface area contributed by atoms with Crippen molar-refractivity contribution in [1.82, 2.24) is 5.32 Å². The van der Waals surface area contributed by atoms with Crippen molar-refractivity contribution >= 4 is 13.7 Å². The number of quaternary nitrogens is 1. The molecule has 0 spiro atoms. The molecule has 0 aromatic carbocycles. The molecule has 0 saturated heterocycles. The number of hydrogen-bond donors (Lipinski definition) is 3. The number of nitrogens with one attached hydrogen (secondary N) is 1. The Morgan fingerprint density at radius 2 is 1.23 bits per heavy atom. The van der Waals surface area contributed by atoms with Crippen molar-refractivity contribution < 1.29 is 38.0 Å². The summed E-state index contributed by atoms with van der Waals surface area (Å²) in [5, 5.41) is 22.9. The number of amides is 1. The lowest BCUT2D eigenvalue weighted by Crippen LogP contribution is -2.45. The first kappa shape index (κ1) is 50.2. The van der Waals surface area contributed by atoms with Gasteiger partial charge in [-0.15, -0.1) is 0 Å². The number of allylic oxidation sites excluding steroid dienone is 9. The molecule has 1 amide bonds. The maximum Gasteiger partial charge on any atom is 0.268 e. The molecule has 0 saturated carbocycles. The number of hydrogen-bond acceptors (Lipinski definition) is 7. The second kappa shape index (κ2) is 33.7. The third kappa shape index (κ3) is 36.5. The fraction of sp³-hybridized carbons (Fsp3) is 0.738. The van der Waals surface area contributed by atoms with Gasteiger partial charge in [-0.3, -0.25) is 9.36 Å². The lowest BCUT2D eigenvalue weighted by molar-refractivity contribution is -0.870. The van der Waals surface area contributed by atoms with Gasteiger partial charge in [-0.2, -0.15) is 0 Å². The highest BCUT2D eigenvalue weighted by Gasteiger charge is 2.23. The number of phosphoric acid groups is 1. The molecule has 0 bridgehead atoms. The molecule has 1 unspecified atom stereocenters. The molecule has 9 nitrogen and oxygen atoms in total. The molecule has 0 aliphatic heterocycles. The van der Waals surface area contributed by atoms with Crippen LogP contribution < -0.4 is 10.2 Å². The van der Waals surface area contributed by atoms with Crippen LogP contribution in [0, 0.1) is 0 Å². The zero-order valence-electron chi connectivity index (χ0n) is 33.6. The third-order valence-corrected chi connectivity index (χ3v) is 9.45. The average molecular weight is 753 g/mol. The van der Waals surface area contributed by atoms with Crippen molar-refractivity contribution in [1.29, 1.82) is 0 Å². The number of carbonyl (C=O) groups excluding carboxylic acids is 1. The fourth-order valence-electron chi connectivity index (χ4n) is 5.22. The van der Waals surface area contributed by atoms with Crippen LogP contribution in [0.4, 0.5) is 0 Å². The van der Waals surface area contributed by atoms with Crippen molar-refractivity contribution in [2.45, 2.75) is 161 Å². The molecule has 0 aromatic heterocycles. The molecule has 10 heteroatoms. The summed E-state index contributed by atoms with van der Waals surface area (Å²) >= 11 is 0. The second-order valence-corrected chi connectivity index (χ2v) is 16.3. The van der Waals surface area contributed by atoms with E-state index in [1.165, 1.54) is 51.4 Å². The molecule has 0 fully saturated rings. The van der Waals surface area contributed by atoms with E-state index in [-0.39, 0.29) is 25.0 Å². The molecule has 3 N–H and O–H groups in total. The predicted molar refractivity (Wildman–Crippen MR) is 216 cm³/mol. The Morgan fingerprint density at radius 1 is 0.731 bits per heavy atom. The zero-order valence-corrected chi connectivity index (χ0v) is 34.5. The number of rotatable bonds is 35. The lowest BCUT2D eigenvalue weighted by Gasteiger charge is -2.29. The van der Waals surface area contributed by atoms with E-state index in [1.807, 2.05) is 34.1 Å². The molecule has 302 valence electrons. The van der Waals surface area contributed by atoms with E-state index in [1.54, 1.807) is 6.08 Å². The number of aliphatic hydroxyl groups is 2. The Morgan fingerprint density at radius 3 is 1.77 bits per heavy atom. The van der Waals surface area contributed by atoms with Gasteiger partial charge in [-0.25, -0.2) is 0 Å². The molecule has 52 heavy (non-hydrogen) atoms. The van der Waals surface area contributed by atoms with Crippen LogP contribution in [0.5, 0.6) is 0 Å². The highest BCUT2D eigenvalue weighted by Crippen LogP contribution is 2.38. The van der Waals surface area contributed by atoms with Crippen LogP contribution >= 0.6 is 7.82 Å². The first-order valence-corrected chi connectivity index (χ1v) is 21.6. The Kier molecular flexibility index (Phi) is 32.5. The first-order valence-electron chi connectivity index (χ1n) is 20.2. The van der Waals surface area contributed by atoms with Crippen molar-refractivity contribution in [3.05, 3.63) is 60.8 Å². The minimum Gasteiger partial charge on any atom is -0.756 e. The molecule has 0 radical (unpaired) electrons. The Balaban J connectivity index is 4.60. The van der Waals surface area contributed by atoms with Crippen LogP contribution in [0.25, 0.3) is 0 Å². The molecule has 0 heterocycles. The van der Waals surface area contributed by atoms with E-state index in [2.05, 4.69) is 60.8 Å². The normalized spacial score (nSPS) is 15.8. The number of likely N-dealkylation sites (N-methyl/N-ethyl adjacent to an activating group) is 1. The van der Waals surface area contributed by atoms with Crippen molar-refractivity contribution in [3.8, 4) is 0 Å². The van der Waals surface area contributed by atoms with E-state index < -0.39 is 26.6 Å². The molecule has 0 rings (SSSR count). The van der Waals surface area contributed by atoms with Crippen molar-refractivity contribution in [2.75, 3.05) is 40.9 Å². The van der Waals surface area contributed by atoms with Gasteiger partial charge in [0.2, 0.25) is 5.91 Å². The zero-order chi connectivity index (χ0) is 38.8. The summed E-state index contributed by atoms with van der Waals surface area (Å²) in [7, 11) is 1.19. The van der Waals surface area contributed by atoms with Gasteiger partial charge in [-0.05, 0) is 71.1 Å². The highest BCUT2D eigenvalue weighted by atomic mass is 31.2. The van der Waals surface area contributed by atoms with Gasteiger partial charge in [0, 0.05) is 6.42 Å². The summed E-state index contributed by atoms with van der Waals surface area (Å²) < 4.78 is 23.1. The summed E-state index contributed by atoms with van der Waals surface area (Å²) in [6.45, 7) is 4.11. The largest absolute Gasteiger partial charge is 0.756 e. The quantitative estimate of drug-likeness (QED) is 0.0255. The van der Waals surface area contributed by atoms with Gasteiger partial charge in [-0.1, -0.05) is 125 Å². The third-order valence-electron chi connectivity index (χ3n) is 8.49. The molecule has 0 aliphatic rings. The minimum absolute atomic E-state index is 0.0197. The maximum atomic E-state index is 12.8. The Hall–Kier alpha value is -1.84. The van der Waals surface area contributed by atoms with E-state index in [0.717, 1.165) is 64.2 Å². The van der Waals surface area contributed by atoms with Gasteiger partial charge < -0.3 is 34.0 Å². The number of aliphatic hydroxyl groups excluding tert-OH is 2. The second-order valence-electron chi connectivity index (χ2n) is 14.9. The summed E-state index contributed by atoms with van der Waals surface area (Å²) in [6, 6.07) is -0.924. The first-order chi connectivity index (χ1) is 24.9. The predicted octanol–water partition coefficient (Wildman–Crippen LogP) is 9.02. The van der Waals surface area contributed by atoms with Gasteiger partial charge in [0.05, 0.1) is 46.0 Å². The monoisotopic (exact) mass is 753 g/mol. The van der Waals surface area contributed by atoms with Crippen LogP contribution in [-0.4, -0.2) is 79.8 Å². The fourth-order valence-corrected chi connectivity index (χ4v) is 5.94. The Labute approximate surface area is 318 Å². The summed E-state index contributed by atoms with van der Waals surface area (Å²) in [6.07, 6.45) is 39.7. The molecule has 0 aromatic rings. The van der Waals surface area contributed by atoms with Gasteiger partial charge in [0.15, 0.2) is 0 Å². The number of carbonyl (C=O) groups is 1. The van der Waals surface area contributed by atoms with Gasteiger partial charge in [0.1, 0.15) is 13.2 Å². The molecule has 4 atom stereocenters. The minimum atomic E-state index is -4.61. The number of unbranched alkanes of at least 4 members (excludes halogenated alkanes) is 12.